The Bertz CT molecular complexity index is 1020. The first kappa shape index (κ1) is 17.0. The molecule has 0 bridgehead atoms. The average molecular weight is 386 g/mol. The third kappa shape index (κ3) is 3.31. The molecule has 0 radical (unpaired) electrons. The highest BCUT2D eigenvalue weighted by molar-refractivity contribution is 7.21. The van der Waals surface area contributed by atoms with Crippen LogP contribution in [0.25, 0.3) is 20.8 Å². The molecular weight excluding hydrogens is 365 g/mol. The molecule has 0 saturated carbocycles. The van der Waals surface area contributed by atoms with Gasteiger partial charge in [0.05, 0.1) is 28.5 Å². The van der Waals surface area contributed by atoms with Gasteiger partial charge in [-0.2, -0.15) is 0 Å². The summed E-state index contributed by atoms with van der Waals surface area (Å²) < 4.78 is 28.8. The van der Waals surface area contributed by atoms with E-state index in [1.54, 1.807) is 17.4 Å². The number of anilines is 1. The lowest BCUT2D eigenvalue weighted by molar-refractivity contribution is 0.0966. The second-order valence-electron chi connectivity index (χ2n) is 6.84. The average Bonchev–Trinajstić information content (AvgIpc) is 2.73. The van der Waals surface area contributed by atoms with Crippen LogP contribution in [0.3, 0.4) is 0 Å². The fraction of sp³-hybridized carbons (Fsp3) is 0.400. The summed E-state index contributed by atoms with van der Waals surface area (Å²) in [5.41, 5.74) is 2.19. The fourth-order valence-electron chi connectivity index (χ4n) is 3.68. The Hall–Kier alpha value is -2.09. The molecule has 4 aliphatic rings. The number of nitrogens with zero attached hydrogens (tertiary/aromatic N) is 3. The zero-order valence-electron chi connectivity index (χ0n) is 15.0. The summed E-state index contributed by atoms with van der Waals surface area (Å²) >= 11 is 1.60. The lowest BCUT2D eigenvalue weighted by atomic mass is 10.2. The molecule has 0 atom stereocenters. The van der Waals surface area contributed by atoms with Gasteiger partial charge in [-0.1, -0.05) is 0 Å². The van der Waals surface area contributed by atoms with Gasteiger partial charge < -0.3 is 14.4 Å². The molecule has 0 aromatic heterocycles. The topological polar surface area (TPSA) is 37.6 Å². The smallest absolute Gasteiger partial charge is 0.201 e. The number of hydrogen-bond acceptors (Lipinski definition) is 5. The molecular formula is C20H21FN3O2S+. The highest BCUT2D eigenvalue weighted by atomic mass is 32.1. The van der Waals surface area contributed by atoms with Gasteiger partial charge in [0, 0.05) is 30.9 Å². The van der Waals surface area contributed by atoms with E-state index in [0.29, 0.717) is 18.7 Å². The lowest BCUT2D eigenvalue weighted by Crippen LogP contribution is -2.39. The van der Waals surface area contributed by atoms with Gasteiger partial charge in [0.15, 0.2) is 18.9 Å². The van der Waals surface area contributed by atoms with Crippen molar-refractivity contribution in [2.45, 2.75) is 0 Å². The van der Waals surface area contributed by atoms with Crippen LogP contribution < -0.4 is 14.8 Å². The van der Waals surface area contributed by atoms with Gasteiger partial charge in [-0.05, 0) is 18.2 Å². The number of rotatable bonds is 1. The molecule has 0 spiro atoms. The Labute approximate surface area is 160 Å². The largest absolute Gasteiger partial charge is 0.378 e. The van der Waals surface area contributed by atoms with E-state index in [4.69, 9.17) is 9.47 Å². The molecule has 140 valence electrons. The van der Waals surface area contributed by atoms with Crippen LogP contribution in [-0.4, -0.2) is 57.6 Å². The van der Waals surface area contributed by atoms with Gasteiger partial charge in [0.2, 0.25) is 5.36 Å². The zero-order valence-corrected chi connectivity index (χ0v) is 15.8. The SMILES string of the molecule is Fc1cc(N2CCOCC2)cc2sc3cc(=[N+]4CCOCC4)ccc-3nc12. The second-order valence-corrected chi connectivity index (χ2v) is 7.92. The third-order valence-corrected chi connectivity index (χ3v) is 6.24. The first-order valence-electron chi connectivity index (χ1n) is 9.30. The summed E-state index contributed by atoms with van der Waals surface area (Å²) in [5, 5.41) is 1.17. The van der Waals surface area contributed by atoms with E-state index in [1.807, 2.05) is 6.07 Å². The van der Waals surface area contributed by atoms with Gasteiger partial charge in [0.25, 0.3) is 0 Å². The fourth-order valence-corrected chi connectivity index (χ4v) is 4.74. The molecule has 1 aliphatic carbocycles. The molecule has 0 unspecified atom stereocenters. The molecule has 2 saturated heterocycles. The van der Waals surface area contributed by atoms with Crippen molar-refractivity contribution in [1.29, 1.82) is 0 Å². The van der Waals surface area contributed by atoms with Gasteiger partial charge in [-0.25, -0.2) is 13.9 Å². The summed E-state index contributed by atoms with van der Waals surface area (Å²) in [6, 6.07) is 9.88. The predicted octanol–water partition coefficient (Wildman–Crippen LogP) is 2.18. The normalized spacial score (nSPS) is 18.4. The van der Waals surface area contributed by atoms with Crippen molar-refractivity contribution in [1.82, 2.24) is 9.56 Å². The van der Waals surface area contributed by atoms with Crippen LogP contribution in [-0.2, 0) is 9.47 Å². The summed E-state index contributed by atoms with van der Waals surface area (Å²) in [5.74, 6) is -0.260. The van der Waals surface area contributed by atoms with Crippen LogP contribution in [0.15, 0.2) is 30.3 Å². The Morgan fingerprint density at radius 1 is 1.00 bits per heavy atom. The Morgan fingerprint density at radius 3 is 2.59 bits per heavy atom. The molecule has 1 aromatic carbocycles. The van der Waals surface area contributed by atoms with Crippen LogP contribution in [0.2, 0.25) is 0 Å². The number of fused-ring (bicyclic) bond motifs is 2. The quantitative estimate of drug-likeness (QED) is 0.475. The van der Waals surface area contributed by atoms with E-state index in [2.05, 4.69) is 32.7 Å². The number of halogens is 1. The molecule has 0 amide bonds. The van der Waals surface area contributed by atoms with Crippen LogP contribution in [0.1, 0.15) is 0 Å². The van der Waals surface area contributed by atoms with Crippen molar-refractivity contribution >= 4 is 27.2 Å². The van der Waals surface area contributed by atoms with Crippen LogP contribution in [0.5, 0.6) is 0 Å². The minimum Gasteiger partial charge on any atom is -0.378 e. The molecule has 7 heteroatoms. The summed E-state index contributed by atoms with van der Waals surface area (Å²) in [6.45, 7) is 6.25. The van der Waals surface area contributed by atoms with E-state index in [9.17, 15) is 4.39 Å². The minimum absolute atomic E-state index is 0.260. The number of ether oxygens (including phenoxy) is 2. The maximum Gasteiger partial charge on any atom is 0.201 e. The molecule has 3 heterocycles. The molecule has 0 N–H and O–H groups in total. The Balaban J connectivity index is 1.64. The second kappa shape index (κ2) is 7.14. The Morgan fingerprint density at radius 2 is 1.78 bits per heavy atom. The summed E-state index contributed by atoms with van der Waals surface area (Å²) in [7, 11) is 0. The Kier molecular flexibility index (Phi) is 4.51. The van der Waals surface area contributed by atoms with E-state index >= 15 is 0 Å². The molecule has 5 rings (SSSR count). The first-order chi connectivity index (χ1) is 13.3. The van der Waals surface area contributed by atoms with Crippen molar-refractivity contribution < 1.29 is 13.9 Å². The van der Waals surface area contributed by atoms with Crippen molar-refractivity contribution in [3.63, 3.8) is 0 Å². The van der Waals surface area contributed by atoms with Crippen LogP contribution in [0, 0.1) is 5.82 Å². The standard InChI is InChI=1S/C20H21FN3O2S/c21-16-11-15(24-5-9-26-10-6-24)13-19-20(16)22-17-2-1-14(12-18(17)27-19)23-3-7-25-8-4-23/h1-2,11-13H,3-10H2/q+1. The molecule has 27 heavy (non-hydrogen) atoms. The minimum atomic E-state index is -0.260. The van der Waals surface area contributed by atoms with Crippen LogP contribution in [0.4, 0.5) is 10.1 Å². The molecule has 1 aromatic rings. The number of hydrogen-bond donors (Lipinski definition) is 0. The highest BCUT2D eigenvalue weighted by Crippen LogP contribution is 2.33. The number of benzene rings is 2. The molecule has 3 aliphatic heterocycles. The van der Waals surface area contributed by atoms with Crippen molar-refractivity contribution in [3.8, 4) is 10.6 Å². The lowest BCUT2D eigenvalue weighted by Gasteiger charge is -2.29. The maximum atomic E-state index is 14.8. The zero-order chi connectivity index (χ0) is 18.2. The molecule has 5 nitrogen and oxygen atoms in total. The van der Waals surface area contributed by atoms with Gasteiger partial charge in [-0.3, -0.25) is 0 Å². The van der Waals surface area contributed by atoms with Crippen LogP contribution >= 0.6 is 11.3 Å². The van der Waals surface area contributed by atoms with Crippen molar-refractivity contribution in [3.05, 3.63) is 41.5 Å². The monoisotopic (exact) mass is 386 g/mol. The third-order valence-electron chi connectivity index (χ3n) is 5.16. The van der Waals surface area contributed by atoms with Gasteiger partial charge in [0.1, 0.15) is 18.7 Å². The van der Waals surface area contributed by atoms with E-state index < -0.39 is 0 Å². The molecule has 2 fully saturated rings. The maximum absolute atomic E-state index is 14.8. The summed E-state index contributed by atoms with van der Waals surface area (Å²) in [4.78, 5) is 7.85. The van der Waals surface area contributed by atoms with Crippen molar-refractivity contribution in [2.75, 3.05) is 57.5 Å². The number of morpholine rings is 2. The first-order valence-corrected chi connectivity index (χ1v) is 10.1. The van der Waals surface area contributed by atoms with Crippen molar-refractivity contribution in [2.24, 2.45) is 0 Å². The predicted molar refractivity (Wildman–Crippen MR) is 105 cm³/mol. The number of aromatic nitrogens is 1. The van der Waals surface area contributed by atoms with E-state index in [-0.39, 0.29) is 5.82 Å². The van der Waals surface area contributed by atoms with Gasteiger partial charge >= 0.3 is 0 Å². The van der Waals surface area contributed by atoms with E-state index in [0.717, 1.165) is 60.4 Å². The highest BCUT2D eigenvalue weighted by Gasteiger charge is 2.18. The van der Waals surface area contributed by atoms with Gasteiger partial charge in [-0.15, -0.1) is 11.3 Å². The summed E-state index contributed by atoms with van der Waals surface area (Å²) in [6.07, 6.45) is 0. The van der Waals surface area contributed by atoms with E-state index in [1.165, 1.54) is 5.36 Å².